The van der Waals surface area contributed by atoms with Gasteiger partial charge < -0.3 is 9.80 Å². The zero-order valence-corrected chi connectivity index (χ0v) is 17.4. The van der Waals surface area contributed by atoms with Crippen molar-refractivity contribution in [1.82, 2.24) is 4.90 Å². The molecular weight excluding hydrogens is 412 g/mol. The fourth-order valence-corrected chi connectivity index (χ4v) is 8.30. The van der Waals surface area contributed by atoms with Crippen LogP contribution in [0.25, 0.3) is 0 Å². The van der Waals surface area contributed by atoms with E-state index in [1.807, 2.05) is 18.2 Å². The molecule has 5 heteroatoms. The van der Waals surface area contributed by atoms with E-state index < -0.39 is 0 Å². The number of para-hydroxylation sites is 1. The van der Waals surface area contributed by atoms with Crippen LogP contribution in [0.5, 0.6) is 0 Å². The molecule has 26 heavy (non-hydrogen) atoms. The number of halogens is 2. The molecule has 0 aromatic heterocycles. The molecule has 1 aromatic carbocycles. The summed E-state index contributed by atoms with van der Waals surface area (Å²) in [6, 6.07) is 8.02. The van der Waals surface area contributed by atoms with Crippen LogP contribution in [-0.2, 0) is 4.79 Å². The van der Waals surface area contributed by atoms with Gasteiger partial charge >= 0.3 is 0 Å². The molecule has 0 N–H and O–H groups in total. The third-order valence-electron chi connectivity index (χ3n) is 7.20. The van der Waals surface area contributed by atoms with Gasteiger partial charge in [0.25, 0.3) is 0 Å². The molecule has 0 radical (unpaired) electrons. The number of hydrogen-bond donors (Lipinski definition) is 0. The van der Waals surface area contributed by atoms with Gasteiger partial charge in [0.05, 0.1) is 16.1 Å². The van der Waals surface area contributed by atoms with Crippen molar-refractivity contribution in [3.05, 3.63) is 29.3 Å². The molecule has 4 aliphatic carbocycles. The lowest BCUT2D eigenvalue weighted by Gasteiger charge is -2.60. The predicted octanol–water partition coefficient (Wildman–Crippen LogP) is 4.72. The van der Waals surface area contributed by atoms with Crippen LogP contribution in [0.3, 0.4) is 0 Å². The van der Waals surface area contributed by atoms with Crippen LogP contribution >= 0.6 is 27.5 Å². The first kappa shape index (κ1) is 17.4. The first-order valence-electron chi connectivity index (χ1n) is 9.94. The highest BCUT2D eigenvalue weighted by atomic mass is 79.9. The molecule has 0 spiro atoms. The highest BCUT2D eigenvalue weighted by Crippen LogP contribution is 2.64. The normalized spacial score (nSPS) is 38.7. The van der Waals surface area contributed by atoms with Crippen molar-refractivity contribution in [1.29, 1.82) is 0 Å². The highest BCUT2D eigenvalue weighted by molar-refractivity contribution is 9.10. The Morgan fingerprint density at radius 1 is 1.04 bits per heavy atom. The predicted molar refractivity (Wildman–Crippen MR) is 109 cm³/mol. The van der Waals surface area contributed by atoms with Gasteiger partial charge in [0.2, 0.25) is 5.91 Å². The molecule has 6 rings (SSSR count). The molecular formula is C21H26BrClN2O. The molecule has 1 saturated heterocycles. The Kier molecular flexibility index (Phi) is 4.10. The van der Waals surface area contributed by atoms with Gasteiger partial charge in [0.15, 0.2) is 0 Å². The second-order valence-electron chi connectivity index (χ2n) is 9.12. The second kappa shape index (κ2) is 6.13. The molecule has 2 unspecified atom stereocenters. The highest BCUT2D eigenvalue weighted by Gasteiger charge is 2.60. The van der Waals surface area contributed by atoms with E-state index in [-0.39, 0.29) is 9.74 Å². The van der Waals surface area contributed by atoms with E-state index in [0.29, 0.717) is 5.91 Å². The maximum Gasteiger partial charge on any atom is 0.228 e. The quantitative estimate of drug-likeness (QED) is 0.625. The van der Waals surface area contributed by atoms with Gasteiger partial charge in [0.1, 0.15) is 0 Å². The fourth-order valence-electron chi connectivity index (χ4n) is 6.60. The molecule has 140 valence electrons. The number of hydrogen-bond acceptors (Lipinski definition) is 2. The number of anilines is 1. The third-order valence-corrected chi connectivity index (χ3v) is 8.45. The SMILES string of the molecule is O=C(N1CCN(c2ccccc2Cl)CC1)C12CC3CC(CC(Br)(C3)C1)C2. The molecule has 4 saturated carbocycles. The Labute approximate surface area is 169 Å². The average Bonchev–Trinajstić information content (AvgIpc) is 2.60. The Balaban J connectivity index is 1.30. The smallest absolute Gasteiger partial charge is 0.228 e. The molecule has 5 fully saturated rings. The summed E-state index contributed by atoms with van der Waals surface area (Å²) in [4.78, 5) is 18.0. The Bertz CT molecular complexity index is 716. The Morgan fingerprint density at radius 2 is 1.69 bits per heavy atom. The van der Waals surface area contributed by atoms with E-state index in [9.17, 15) is 4.79 Å². The molecule has 1 aromatic rings. The number of piperazine rings is 1. The molecule has 1 heterocycles. The topological polar surface area (TPSA) is 23.6 Å². The molecule has 1 aliphatic heterocycles. The van der Waals surface area contributed by atoms with Gasteiger partial charge in [-0.1, -0.05) is 39.7 Å². The maximum absolute atomic E-state index is 13.6. The van der Waals surface area contributed by atoms with Crippen LogP contribution in [0.4, 0.5) is 5.69 Å². The third kappa shape index (κ3) is 2.79. The number of carbonyl (C=O) groups is 1. The number of amides is 1. The standard InChI is InChI=1S/C21H26BrClN2O/c22-21-12-15-9-16(13-21)11-20(10-15,14-21)19(26)25-7-5-24(6-8-25)18-4-2-1-3-17(18)23/h1-4,15-16H,5-14H2. The van der Waals surface area contributed by atoms with Crippen LogP contribution in [0.1, 0.15) is 38.5 Å². The summed E-state index contributed by atoms with van der Waals surface area (Å²) in [5, 5.41) is 0.801. The van der Waals surface area contributed by atoms with Crippen LogP contribution in [0.2, 0.25) is 5.02 Å². The van der Waals surface area contributed by atoms with Crippen molar-refractivity contribution in [2.24, 2.45) is 17.3 Å². The minimum Gasteiger partial charge on any atom is -0.367 e. The fraction of sp³-hybridized carbons (Fsp3) is 0.667. The van der Waals surface area contributed by atoms with Gasteiger partial charge in [-0.15, -0.1) is 0 Å². The average molecular weight is 438 g/mol. The summed E-state index contributed by atoms with van der Waals surface area (Å²) in [6.07, 6.45) is 7.21. The van der Waals surface area contributed by atoms with Crippen molar-refractivity contribution >= 4 is 39.1 Å². The summed E-state index contributed by atoms with van der Waals surface area (Å²) in [7, 11) is 0. The van der Waals surface area contributed by atoms with Crippen LogP contribution in [0.15, 0.2) is 24.3 Å². The molecule has 3 nitrogen and oxygen atoms in total. The summed E-state index contributed by atoms with van der Waals surface area (Å²) in [5.41, 5.74) is 1.01. The van der Waals surface area contributed by atoms with Gasteiger partial charge in [0, 0.05) is 30.5 Å². The van der Waals surface area contributed by atoms with Crippen molar-refractivity contribution < 1.29 is 4.79 Å². The minimum atomic E-state index is -0.0832. The van der Waals surface area contributed by atoms with Gasteiger partial charge in [-0.3, -0.25) is 4.79 Å². The van der Waals surface area contributed by atoms with Crippen LogP contribution in [0, 0.1) is 17.3 Å². The maximum atomic E-state index is 13.6. The van der Waals surface area contributed by atoms with Crippen molar-refractivity contribution in [2.75, 3.05) is 31.1 Å². The largest absolute Gasteiger partial charge is 0.367 e. The molecule has 4 bridgehead atoms. The van der Waals surface area contributed by atoms with Crippen molar-refractivity contribution in [3.63, 3.8) is 0 Å². The zero-order valence-electron chi connectivity index (χ0n) is 15.1. The van der Waals surface area contributed by atoms with E-state index in [1.165, 1.54) is 19.3 Å². The lowest BCUT2D eigenvalue weighted by atomic mass is 9.49. The summed E-state index contributed by atoms with van der Waals surface area (Å²) < 4.78 is 0.242. The molecule has 5 aliphatic rings. The number of alkyl halides is 1. The number of rotatable bonds is 2. The van der Waals surface area contributed by atoms with Crippen molar-refractivity contribution in [3.8, 4) is 0 Å². The lowest BCUT2D eigenvalue weighted by molar-refractivity contribution is -0.155. The number of benzene rings is 1. The number of carbonyl (C=O) groups excluding carboxylic acids is 1. The lowest BCUT2D eigenvalue weighted by Crippen LogP contribution is -2.61. The van der Waals surface area contributed by atoms with Crippen LogP contribution < -0.4 is 4.90 Å². The number of nitrogens with zero attached hydrogens (tertiary/aromatic N) is 2. The van der Waals surface area contributed by atoms with Gasteiger partial charge in [-0.2, -0.15) is 0 Å². The van der Waals surface area contributed by atoms with E-state index in [2.05, 4.69) is 31.8 Å². The van der Waals surface area contributed by atoms with Crippen LogP contribution in [-0.4, -0.2) is 41.3 Å². The second-order valence-corrected chi connectivity index (χ2v) is 11.2. The Hall–Kier alpha value is -0.740. The Morgan fingerprint density at radius 3 is 2.31 bits per heavy atom. The summed E-state index contributed by atoms with van der Waals surface area (Å²) >= 11 is 10.4. The first-order chi connectivity index (χ1) is 12.5. The molecule has 1 amide bonds. The van der Waals surface area contributed by atoms with E-state index in [0.717, 1.165) is 68.0 Å². The van der Waals surface area contributed by atoms with E-state index >= 15 is 0 Å². The molecule has 2 atom stereocenters. The zero-order chi connectivity index (χ0) is 17.9. The van der Waals surface area contributed by atoms with Gasteiger partial charge in [-0.05, 0) is 62.5 Å². The first-order valence-corrected chi connectivity index (χ1v) is 11.1. The minimum absolute atomic E-state index is 0.0832. The summed E-state index contributed by atoms with van der Waals surface area (Å²) in [5.74, 6) is 1.95. The summed E-state index contributed by atoms with van der Waals surface area (Å²) in [6.45, 7) is 3.38. The van der Waals surface area contributed by atoms with Crippen molar-refractivity contribution in [2.45, 2.75) is 42.8 Å². The van der Waals surface area contributed by atoms with E-state index in [1.54, 1.807) is 0 Å². The van der Waals surface area contributed by atoms with E-state index in [4.69, 9.17) is 11.6 Å². The van der Waals surface area contributed by atoms with Gasteiger partial charge in [-0.25, -0.2) is 0 Å². The monoisotopic (exact) mass is 436 g/mol.